The van der Waals surface area contributed by atoms with E-state index in [4.69, 9.17) is 10.5 Å². The number of hydrogen-bond acceptors (Lipinski definition) is 4. The molecular formula is C14H20N2O3S. The van der Waals surface area contributed by atoms with Crippen molar-refractivity contribution in [1.82, 2.24) is 0 Å². The first-order chi connectivity index (χ1) is 9.52. The summed E-state index contributed by atoms with van der Waals surface area (Å²) in [6.45, 7) is 4.47. The average Bonchev–Trinajstić information content (AvgIpc) is 2.73. The van der Waals surface area contributed by atoms with Crippen LogP contribution in [0.1, 0.15) is 47.5 Å². The van der Waals surface area contributed by atoms with Crippen LogP contribution in [-0.2, 0) is 17.6 Å². The summed E-state index contributed by atoms with van der Waals surface area (Å²) in [6.07, 6.45) is 3.06. The molecule has 1 aromatic rings. The molecule has 2 rings (SSSR count). The molecule has 2 amide bonds. The molecule has 110 valence electrons. The van der Waals surface area contributed by atoms with Crippen LogP contribution in [-0.4, -0.2) is 18.6 Å². The van der Waals surface area contributed by atoms with Crippen molar-refractivity contribution >= 4 is 28.3 Å². The van der Waals surface area contributed by atoms with E-state index in [0.29, 0.717) is 23.1 Å². The number of carbonyl (C=O) groups excluding carboxylic acids is 2. The van der Waals surface area contributed by atoms with Crippen LogP contribution in [0.25, 0.3) is 0 Å². The molecule has 0 fully saturated rings. The second kappa shape index (κ2) is 6.26. The Balaban J connectivity index is 2.24. The predicted octanol–water partition coefficient (Wildman–Crippen LogP) is 2.93. The lowest BCUT2D eigenvalue weighted by Crippen LogP contribution is -2.20. The van der Waals surface area contributed by atoms with E-state index in [1.807, 2.05) is 6.92 Å². The number of ether oxygens (including phenoxy) is 1. The summed E-state index contributed by atoms with van der Waals surface area (Å²) in [5, 5.41) is 3.18. The summed E-state index contributed by atoms with van der Waals surface area (Å²) in [6, 6.07) is 0. The van der Waals surface area contributed by atoms with Gasteiger partial charge in [0.2, 0.25) is 0 Å². The highest BCUT2D eigenvalue weighted by Gasteiger charge is 2.27. The lowest BCUT2D eigenvalue weighted by molar-refractivity contribution is 0.100. The van der Waals surface area contributed by atoms with Crippen LogP contribution in [0.3, 0.4) is 0 Å². The Kier molecular flexibility index (Phi) is 4.65. The van der Waals surface area contributed by atoms with E-state index in [1.54, 1.807) is 0 Å². The maximum atomic E-state index is 11.7. The summed E-state index contributed by atoms with van der Waals surface area (Å²) >= 11 is 1.44. The fraction of sp³-hybridized carbons (Fsp3) is 0.571. The molecule has 1 atom stereocenters. The van der Waals surface area contributed by atoms with Gasteiger partial charge in [0.25, 0.3) is 5.91 Å². The van der Waals surface area contributed by atoms with Crippen LogP contribution in [0.2, 0.25) is 0 Å². The average molecular weight is 296 g/mol. The molecule has 1 aliphatic carbocycles. The van der Waals surface area contributed by atoms with E-state index in [2.05, 4.69) is 12.2 Å². The molecular weight excluding hydrogens is 276 g/mol. The van der Waals surface area contributed by atoms with Gasteiger partial charge in [-0.15, -0.1) is 11.3 Å². The van der Waals surface area contributed by atoms with E-state index < -0.39 is 12.0 Å². The van der Waals surface area contributed by atoms with Crippen molar-refractivity contribution in [1.29, 1.82) is 0 Å². The van der Waals surface area contributed by atoms with Crippen molar-refractivity contribution in [2.75, 3.05) is 11.9 Å². The molecule has 0 radical (unpaired) electrons. The third-order valence-electron chi connectivity index (χ3n) is 3.41. The predicted molar refractivity (Wildman–Crippen MR) is 79.3 cm³/mol. The van der Waals surface area contributed by atoms with E-state index in [9.17, 15) is 9.59 Å². The van der Waals surface area contributed by atoms with Gasteiger partial charge in [-0.25, -0.2) is 4.79 Å². The summed E-state index contributed by atoms with van der Waals surface area (Å²) in [4.78, 5) is 24.5. The first-order valence-corrected chi connectivity index (χ1v) is 7.72. The minimum absolute atomic E-state index is 0.361. The molecule has 1 unspecified atom stereocenters. The Hall–Kier alpha value is -1.56. The molecule has 0 aliphatic heterocycles. The first-order valence-electron chi connectivity index (χ1n) is 6.91. The van der Waals surface area contributed by atoms with Gasteiger partial charge in [-0.1, -0.05) is 13.8 Å². The number of fused-ring (bicyclic) bond motifs is 1. The lowest BCUT2D eigenvalue weighted by atomic mass is 9.88. The standard InChI is InChI=1S/C14H20N2O3S/c1-3-6-19-14(18)16-13-11(12(15)17)9-5-4-8(2)7-10(9)20-13/h8H,3-7H2,1-2H3,(H2,15,17)(H,16,18). The smallest absolute Gasteiger partial charge is 0.412 e. The number of primary amides is 1. The summed E-state index contributed by atoms with van der Waals surface area (Å²) in [5.74, 6) is 0.115. The fourth-order valence-corrected chi connectivity index (χ4v) is 3.82. The first kappa shape index (κ1) is 14.8. The fourth-order valence-electron chi connectivity index (χ4n) is 2.42. The molecule has 0 spiro atoms. The Labute approximate surface area is 122 Å². The van der Waals surface area contributed by atoms with Crippen molar-refractivity contribution in [3.05, 3.63) is 16.0 Å². The van der Waals surface area contributed by atoms with Gasteiger partial charge in [0.1, 0.15) is 5.00 Å². The highest BCUT2D eigenvalue weighted by Crippen LogP contribution is 2.39. The topological polar surface area (TPSA) is 81.4 Å². The normalized spacial score (nSPS) is 17.4. The Bertz CT molecular complexity index is 525. The Morgan fingerprint density at radius 2 is 2.25 bits per heavy atom. The van der Waals surface area contributed by atoms with Crippen LogP contribution in [0.4, 0.5) is 9.80 Å². The van der Waals surface area contributed by atoms with Crippen molar-refractivity contribution in [2.45, 2.75) is 39.5 Å². The van der Waals surface area contributed by atoms with Crippen LogP contribution in [0.5, 0.6) is 0 Å². The second-order valence-electron chi connectivity index (χ2n) is 5.18. The van der Waals surface area contributed by atoms with Gasteiger partial charge in [-0.3, -0.25) is 10.1 Å². The molecule has 0 aromatic carbocycles. The molecule has 0 saturated heterocycles. The van der Waals surface area contributed by atoms with E-state index in [-0.39, 0.29) is 0 Å². The third-order valence-corrected chi connectivity index (χ3v) is 4.58. The third kappa shape index (κ3) is 3.12. The van der Waals surface area contributed by atoms with Crippen molar-refractivity contribution < 1.29 is 14.3 Å². The monoisotopic (exact) mass is 296 g/mol. The number of thiophene rings is 1. The zero-order chi connectivity index (χ0) is 14.7. The SMILES string of the molecule is CCCOC(=O)Nc1sc2c(c1C(N)=O)CCC(C)C2. The van der Waals surface area contributed by atoms with Crippen LogP contribution in [0.15, 0.2) is 0 Å². The summed E-state index contributed by atoms with van der Waals surface area (Å²) < 4.78 is 4.99. The number of nitrogens with one attached hydrogen (secondary N) is 1. The number of amides is 2. The van der Waals surface area contributed by atoms with Crippen LogP contribution in [0, 0.1) is 5.92 Å². The van der Waals surface area contributed by atoms with Crippen LogP contribution >= 0.6 is 11.3 Å². The Morgan fingerprint density at radius 3 is 2.90 bits per heavy atom. The Morgan fingerprint density at radius 1 is 1.50 bits per heavy atom. The van der Waals surface area contributed by atoms with Gasteiger partial charge in [-0.05, 0) is 37.2 Å². The number of carbonyl (C=O) groups is 2. The summed E-state index contributed by atoms with van der Waals surface area (Å²) in [5.41, 5.74) is 6.94. The van der Waals surface area contributed by atoms with Gasteiger partial charge in [0.05, 0.1) is 12.2 Å². The second-order valence-corrected chi connectivity index (χ2v) is 6.29. The highest BCUT2D eigenvalue weighted by atomic mass is 32.1. The zero-order valence-electron chi connectivity index (χ0n) is 11.8. The highest BCUT2D eigenvalue weighted by molar-refractivity contribution is 7.17. The van der Waals surface area contributed by atoms with E-state index >= 15 is 0 Å². The summed E-state index contributed by atoms with van der Waals surface area (Å²) in [7, 11) is 0. The van der Waals surface area contributed by atoms with Gasteiger partial charge in [-0.2, -0.15) is 0 Å². The van der Waals surface area contributed by atoms with Gasteiger partial charge in [0.15, 0.2) is 0 Å². The van der Waals surface area contributed by atoms with Crippen molar-refractivity contribution in [2.24, 2.45) is 11.7 Å². The molecule has 6 heteroatoms. The number of anilines is 1. The molecule has 1 aliphatic rings. The van der Waals surface area contributed by atoms with Gasteiger partial charge < -0.3 is 10.5 Å². The largest absolute Gasteiger partial charge is 0.449 e. The van der Waals surface area contributed by atoms with Gasteiger partial charge in [0, 0.05) is 4.88 Å². The molecule has 5 nitrogen and oxygen atoms in total. The quantitative estimate of drug-likeness (QED) is 0.896. The number of hydrogen-bond donors (Lipinski definition) is 2. The van der Waals surface area contributed by atoms with E-state index in [1.165, 1.54) is 11.3 Å². The van der Waals surface area contributed by atoms with Crippen molar-refractivity contribution in [3.63, 3.8) is 0 Å². The molecule has 20 heavy (non-hydrogen) atoms. The molecule has 3 N–H and O–H groups in total. The molecule has 0 bridgehead atoms. The lowest BCUT2D eigenvalue weighted by Gasteiger charge is -2.18. The van der Waals surface area contributed by atoms with Crippen LogP contribution < -0.4 is 11.1 Å². The minimum Gasteiger partial charge on any atom is -0.449 e. The zero-order valence-corrected chi connectivity index (χ0v) is 12.6. The van der Waals surface area contributed by atoms with Gasteiger partial charge >= 0.3 is 6.09 Å². The van der Waals surface area contributed by atoms with E-state index in [0.717, 1.165) is 36.1 Å². The number of nitrogens with two attached hydrogens (primary N) is 1. The molecule has 0 saturated carbocycles. The molecule has 1 aromatic heterocycles. The molecule has 1 heterocycles. The maximum Gasteiger partial charge on any atom is 0.412 e. The van der Waals surface area contributed by atoms with Crippen molar-refractivity contribution in [3.8, 4) is 0 Å². The minimum atomic E-state index is -0.527. The maximum absolute atomic E-state index is 11.7. The number of rotatable bonds is 4.